The molecule has 1 saturated carbocycles. The summed E-state index contributed by atoms with van der Waals surface area (Å²) in [5, 5.41) is 11.1. The molecule has 0 radical (unpaired) electrons. The van der Waals surface area contributed by atoms with Gasteiger partial charge in [0.15, 0.2) is 9.75 Å². The van der Waals surface area contributed by atoms with Crippen molar-refractivity contribution in [2.24, 2.45) is 17.8 Å². The predicted octanol–water partition coefficient (Wildman–Crippen LogP) is 4.50. The van der Waals surface area contributed by atoms with Crippen LogP contribution in [0.25, 0.3) is 0 Å². The van der Waals surface area contributed by atoms with E-state index in [4.69, 9.17) is 23.2 Å². The number of carbonyl (C=O) groups is 4. The van der Waals surface area contributed by atoms with Crippen molar-refractivity contribution in [3.63, 3.8) is 0 Å². The molecule has 0 unspecified atom stereocenters. The normalized spacial score (nSPS) is 34.3. The van der Waals surface area contributed by atoms with E-state index in [-0.39, 0.29) is 30.4 Å². The van der Waals surface area contributed by atoms with Crippen LogP contribution < -0.4 is 4.90 Å². The van der Waals surface area contributed by atoms with Crippen molar-refractivity contribution in [3.8, 4) is 5.75 Å². The molecule has 2 aromatic rings. The average Bonchev–Trinajstić information content (AvgIpc) is 3.22. The first-order valence-corrected chi connectivity index (χ1v) is 14.1. The Balaban J connectivity index is 1.53. The monoisotopic (exact) mass is 664 g/mol. The zero-order chi connectivity index (χ0) is 27.3. The Morgan fingerprint density at radius 3 is 2.34 bits per heavy atom. The summed E-state index contributed by atoms with van der Waals surface area (Å²) in [5.74, 6) is -5.03. The van der Waals surface area contributed by atoms with E-state index in [1.807, 2.05) is 18.2 Å². The zero-order valence-corrected chi connectivity index (χ0v) is 24.1. The fourth-order valence-corrected chi connectivity index (χ4v) is 8.22. The number of hydrogen-bond donors (Lipinski definition) is 1. The van der Waals surface area contributed by atoms with Gasteiger partial charge in [-0.2, -0.15) is 0 Å². The van der Waals surface area contributed by atoms with Gasteiger partial charge in [-0.05, 0) is 78.1 Å². The van der Waals surface area contributed by atoms with E-state index in [0.29, 0.717) is 22.4 Å². The Morgan fingerprint density at radius 1 is 0.974 bits per heavy atom. The Bertz CT molecular complexity index is 1480. The third-order valence-corrected chi connectivity index (χ3v) is 10.8. The van der Waals surface area contributed by atoms with Crippen LogP contribution in [0.1, 0.15) is 29.9 Å². The number of likely N-dealkylation sites (tertiary alicyclic amines) is 1. The molecule has 7 nitrogen and oxygen atoms in total. The molecule has 6 atom stereocenters. The summed E-state index contributed by atoms with van der Waals surface area (Å²) in [4.78, 5) is 52.9. The van der Waals surface area contributed by atoms with Crippen LogP contribution in [0.15, 0.2) is 54.1 Å². The highest BCUT2D eigenvalue weighted by Crippen LogP contribution is 2.66. The second-order valence-corrected chi connectivity index (χ2v) is 13.0. The van der Waals surface area contributed by atoms with Gasteiger partial charge in [-0.25, -0.2) is 0 Å². The van der Waals surface area contributed by atoms with Crippen LogP contribution in [-0.4, -0.2) is 50.4 Å². The highest BCUT2D eigenvalue weighted by molar-refractivity contribution is 14.1. The van der Waals surface area contributed by atoms with Gasteiger partial charge in [-0.1, -0.05) is 29.8 Å². The molecule has 2 saturated heterocycles. The molecule has 2 aliphatic carbocycles. The van der Waals surface area contributed by atoms with Gasteiger partial charge in [0.05, 0.1) is 17.5 Å². The van der Waals surface area contributed by atoms with Crippen molar-refractivity contribution >= 4 is 75.1 Å². The largest absolute Gasteiger partial charge is 0.507 e. The second kappa shape index (κ2) is 8.53. The highest BCUT2D eigenvalue weighted by atomic mass is 127. The minimum absolute atomic E-state index is 0.0515. The number of anilines is 1. The molecule has 0 spiro atoms. The smallest absolute Gasteiger partial charge is 0.253 e. The number of benzene rings is 2. The van der Waals surface area contributed by atoms with Crippen molar-refractivity contribution in [1.82, 2.24) is 4.90 Å². The first-order valence-electron chi connectivity index (χ1n) is 12.3. The van der Waals surface area contributed by atoms with E-state index in [1.165, 1.54) is 11.9 Å². The number of carbonyl (C=O) groups excluding carboxylic acids is 4. The summed E-state index contributed by atoms with van der Waals surface area (Å²) in [6, 6.07) is 12.3. The molecule has 38 heavy (non-hydrogen) atoms. The van der Waals surface area contributed by atoms with Gasteiger partial charge < -0.3 is 5.11 Å². The predicted molar refractivity (Wildman–Crippen MR) is 150 cm³/mol. The van der Waals surface area contributed by atoms with E-state index in [0.717, 1.165) is 8.47 Å². The Labute approximate surface area is 242 Å². The molecule has 1 N–H and O–H groups in total. The molecule has 3 fully saturated rings. The lowest BCUT2D eigenvalue weighted by Gasteiger charge is -2.50. The fourth-order valence-electron chi connectivity index (χ4n) is 6.85. The van der Waals surface area contributed by atoms with Crippen LogP contribution in [0.5, 0.6) is 5.75 Å². The van der Waals surface area contributed by atoms with E-state index in [2.05, 4.69) is 22.6 Å². The lowest BCUT2D eigenvalue weighted by atomic mass is 9.56. The number of hydrogen-bond acceptors (Lipinski definition) is 5. The topological polar surface area (TPSA) is 95.0 Å². The molecular formula is C28H23Cl2IN2O5. The van der Waals surface area contributed by atoms with Crippen molar-refractivity contribution in [1.29, 1.82) is 0 Å². The molecule has 196 valence electrons. The molecule has 0 bridgehead atoms. The third-order valence-electron chi connectivity index (χ3n) is 8.68. The summed E-state index contributed by atoms with van der Waals surface area (Å²) in [7, 11) is 1.34. The minimum atomic E-state index is -1.91. The first-order chi connectivity index (χ1) is 17.9. The fraction of sp³-hybridized carbons (Fsp3) is 0.357. The number of aromatic hydroxyl groups is 1. The number of imide groups is 2. The zero-order valence-electron chi connectivity index (χ0n) is 20.5. The van der Waals surface area contributed by atoms with E-state index in [9.17, 15) is 24.3 Å². The average molecular weight is 665 g/mol. The number of phenolic OH excluding ortho intramolecular Hbond substituents is 1. The van der Waals surface area contributed by atoms with Gasteiger partial charge in [-0.15, -0.1) is 23.2 Å². The van der Waals surface area contributed by atoms with Crippen molar-refractivity contribution in [3.05, 3.63) is 68.8 Å². The molecular weight excluding hydrogens is 642 g/mol. The number of para-hydroxylation sites is 1. The van der Waals surface area contributed by atoms with Crippen molar-refractivity contribution < 1.29 is 24.3 Å². The van der Waals surface area contributed by atoms with Crippen LogP contribution >= 0.6 is 45.8 Å². The quantitative estimate of drug-likeness (QED) is 0.221. The molecule has 2 aromatic carbocycles. The van der Waals surface area contributed by atoms with Crippen molar-refractivity contribution in [2.45, 2.75) is 35.4 Å². The van der Waals surface area contributed by atoms with Gasteiger partial charge in [0, 0.05) is 22.1 Å². The van der Waals surface area contributed by atoms with Crippen LogP contribution in [0.3, 0.4) is 0 Å². The van der Waals surface area contributed by atoms with Gasteiger partial charge in [-0.3, -0.25) is 29.0 Å². The van der Waals surface area contributed by atoms with Gasteiger partial charge >= 0.3 is 0 Å². The number of aryl methyl sites for hydroxylation is 1. The number of amides is 4. The maximum atomic E-state index is 13.9. The number of allylic oxidation sites excluding steroid dienone is 2. The lowest BCUT2D eigenvalue weighted by molar-refractivity contribution is -0.138. The molecule has 0 aromatic heterocycles. The van der Waals surface area contributed by atoms with Gasteiger partial charge in [0.25, 0.3) is 11.8 Å². The summed E-state index contributed by atoms with van der Waals surface area (Å²) in [6.07, 6.45) is 2.05. The van der Waals surface area contributed by atoms with Crippen LogP contribution in [0.2, 0.25) is 0 Å². The Kier molecular flexibility index (Phi) is 5.80. The number of alkyl halides is 2. The number of halogens is 3. The molecule has 2 aliphatic heterocycles. The van der Waals surface area contributed by atoms with E-state index < -0.39 is 45.2 Å². The SMILES string of the molecule is Cc1cccc([C@H]2C3=CC[C@@H]4C(=O)N(c5ccc(I)cc5)C(=O)[C@@H]4[C@@H]3C[C@@]3(Cl)C(=O)N(C)C(=O)[C@@]23Cl)c1O. The van der Waals surface area contributed by atoms with Crippen LogP contribution in [0, 0.1) is 28.2 Å². The summed E-state index contributed by atoms with van der Waals surface area (Å²) >= 11 is 16.4. The maximum absolute atomic E-state index is 13.9. The van der Waals surface area contributed by atoms with Gasteiger partial charge in [0.1, 0.15) is 5.75 Å². The third kappa shape index (κ3) is 3.14. The number of nitrogens with zero attached hydrogens (tertiary/aromatic N) is 2. The Morgan fingerprint density at radius 2 is 1.66 bits per heavy atom. The lowest BCUT2D eigenvalue weighted by Crippen LogP contribution is -2.60. The van der Waals surface area contributed by atoms with E-state index >= 15 is 0 Å². The van der Waals surface area contributed by atoms with Crippen LogP contribution in [-0.2, 0) is 19.2 Å². The van der Waals surface area contributed by atoms with Crippen molar-refractivity contribution in [2.75, 3.05) is 11.9 Å². The molecule has 10 heteroatoms. The van der Waals surface area contributed by atoms with Crippen LogP contribution in [0.4, 0.5) is 5.69 Å². The van der Waals surface area contributed by atoms with E-state index in [1.54, 1.807) is 37.3 Å². The Hall–Kier alpha value is -2.43. The molecule has 4 aliphatic rings. The standard InChI is InChI=1S/C28H23Cl2IN2O5/c1-13-4-3-5-18(22(13)34)21-16-10-11-17-20(24(36)33(23(17)35)15-8-6-14(31)7-9-15)19(16)12-27(29)25(37)32(2)26(38)28(21,27)30/h3-10,17,19-21,34H,11-12H2,1-2H3/t17-,19+,20-,21+,27+,28-/m0/s1. The maximum Gasteiger partial charge on any atom is 0.253 e. The number of phenols is 1. The molecule has 4 amide bonds. The summed E-state index contributed by atoms with van der Waals surface area (Å²) < 4.78 is 0.968. The molecule has 2 heterocycles. The first kappa shape index (κ1) is 25.8. The number of fused-ring (bicyclic) bond motifs is 4. The second-order valence-electron chi connectivity index (χ2n) is 10.5. The summed E-state index contributed by atoms with van der Waals surface area (Å²) in [6.45, 7) is 1.73. The summed E-state index contributed by atoms with van der Waals surface area (Å²) in [5.41, 5.74) is 2.07. The highest BCUT2D eigenvalue weighted by Gasteiger charge is 2.76. The molecule has 6 rings (SSSR count). The number of rotatable bonds is 2. The minimum Gasteiger partial charge on any atom is -0.507 e. The van der Waals surface area contributed by atoms with Gasteiger partial charge in [0.2, 0.25) is 11.8 Å².